The lowest BCUT2D eigenvalue weighted by Crippen LogP contribution is -2.35. The molecule has 0 atom stereocenters. The molecule has 0 aromatic heterocycles. The van der Waals surface area contributed by atoms with Crippen LogP contribution in [0.1, 0.15) is 33.5 Å². The Labute approximate surface area is 206 Å². The second-order valence-electron chi connectivity index (χ2n) is 8.75. The van der Waals surface area contributed by atoms with Crippen molar-refractivity contribution < 1.29 is 13.2 Å². The zero-order valence-corrected chi connectivity index (χ0v) is 20.7. The molecule has 1 N–H and O–H groups in total. The van der Waals surface area contributed by atoms with Gasteiger partial charge in [-0.15, -0.1) is 0 Å². The topological polar surface area (TPSA) is 93.5 Å². The summed E-state index contributed by atoms with van der Waals surface area (Å²) < 4.78 is 28.6. The van der Waals surface area contributed by atoms with Gasteiger partial charge in [-0.2, -0.15) is 5.26 Å². The van der Waals surface area contributed by atoms with Crippen molar-refractivity contribution in [3.05, 3.63) is 89.0 Å². The van der Waals surface area contributed by atoms with Crippen molar-refractivity contribution in [3.63, 3.8) is 0 Å². The van der Waals surface area contributed by atoms with Crippen molar-refractivity contribution in [1.29, 1.82) is 5.26 Å². The quantitative estimate of drug-likeness (QED) is 0.577. The summed E-state index contributed by atoms with van der Waals surface area (Å²) in [6.07, 6.45) is 0.810. The third-order valence-electron chi connectivity index (χ3n) is 6.14. The Bertz CT molecular complexity index is 1380. The molecule has 0 aliphatic carbocycles. The molecule has 3 aromatic rings. The van der Waals surface area contributed by atoms with Gasteiger partial charge in [-0.3, -0.25) is 9.52 Å². The fourth-order valence-electron chi connectivity index (χ4n) is 4.23. The maximum absolute atomic E-state index is 13.3. The van der Waals surface area contributed by atoms with E-state index in [4.69, 9.17) is 5.26 Å². The van der Waals surface area contributed by atoms with E-state index >= 15 is 0 Å². The van der Waals surface area contributed by atoms with E-state index in [2.05, 4.69) is 15.7 Å². The predicted molar refractivity (Wildman–Crippen MR) is 137 cm³/mol. The minimum absolute atomic E-state index is 0.125. The molecule has 7 nitrogen and oxygen atoms in total. The normalized spacial score (nSPS) is 14.2. The molecule has 1 aliphatic rings. The number of carbonyl (C=O) groups excluding carboxylic acids is 1. The molecule has 0 radical (unpaired) electrons. The third kappa shape index (κ3) is 5.64. The molecule has 1 heterocycles. The average Bonchev–Trinajstić information content (AvgIpc) is 3.11. The molecular weight excluding hydrogens is 460 g/mol. The van der Waals surface area contributed by atoms with Crippen LogP contribution in [0.5, 0.6) is 0 Å². The maximum Gasteiger partial charge on any atom is 0.262 e. The molecule has 4 rings (SSSR count). The first-order valence-corrected chi connectivity index (χ1v) is 13.0. The van der Waals surface area contributed by atoms with Crippen LogP contribution in [0.2, 0.25) is 0 Å². The van der Waals surface area contributed by atoms with Crippen LogP contribution in [-0.2, 0) is 10.0 Å². The van der Waals surface area contributed by atoms with E-state index in [1.54, 1.807) is 55.5 Å². The Morgan fingerprint density at radius 3 is 2.46 bits per heavy atom. The lowest BCUT2D eigenvalue weighted by molar-refractivity contribution is 0.0767. The molecule has 3 aromatic carbocycles. The lowest BCUT2D eigenvalue weighted by atomic mass is 10.1. The van der Waals surface area contributed by atoms with Gasteiger partial charge in [0.2, 0.25) is 0 Å². The number of nitrogens with one attached hydrogen (secondary N) is 1. The van der Waals surface area contributed by atoms with Crippen LogP contribution in [0.3, 0.4) is 0 Å². The van der Waals surface area contributed by atoms with Crippen molar-refractivity contribution in [2.45, 2.75) is 25.2 Å². The van der Waals surface area contributed by atoms with Crippen molar-refractivity contribution in [2.75, 3.05) is 35.8 Å². The van der Waals surface area contributed by atoms with E-state index < -0.39 is 10.0 Å². The number of sulfonamides is 1. The zero-order chi connectivity index (χ0) is 25.0. The van der Waals surface area contributed by atoms with Crippen LogP contribution >= 0.6 is 0 Å². The van der Waals surface area contributed by atoms with Crippen LogP contribution in [0.25, 0.3) is 0 Å². The molecule has 8 heteroatoms. The number of nitrogens with zero attached hydrogens (tertiary/aromatic N) is 3. The first kappa shape index (κ1) is 24.3. The molecule has 0 spiro atoms. The highest BCUT2D eigenvalue weighted by atomic mass is 32.2. The number of hydrogen-bond acceptors (Lipinski definition) is 5. The number of rotatable bonds is 5. The number of nitriles is 1. The van der Waals surface area contributed by atoms with E-state index in [0.717, 1.165) is 24.2 Å². The molecular formula is C27H28N4O3S. The molecule has 0 unspecified atom stereocenters. The van der Waals surface area contributed by atoms with Crippen LogP contribution in [-0.4, -0.2) is 45.4 Å². The summed E-state index contributed by atoms with van der Waals surface area (Å²) in [6.45, 7) is 6.26. The van der Waals surface area contributed by atoms with E-state index in [1.165, 1.54) is 0 Å². The first-order chi connectivity index (χ1) is 16.8. The van der Waals surface area contributed by atoms with Crippen molar-refractivity contribution in [3.8, 4) is 6.07 Å². The van der Waals surface area contributed by atoms with Crippen LogP contribution in [0, 0.1) is 25.2 Å². The van der Waals surface area contributed by atoms with Crippen molar-refractivity contribution in [2.24, 2.45) is 0 Å². The molecule has 1 amide bonds. The SMILES string of the molecule is Cc1ccc(C)c(S(=O)(=O)Nc2cccc(C(=O)N3CCCN(c4ccc(C#N)cc4)CC3)c2)c1. The molecule has 0 bridgehead atoms. The first-order valence-electron chi connectivity index (χ1n) is 11.5. The number of carbonyl (C=O) groups is 1. The molecule has 1 fully saturated rings. The largest absolute Gasteiger partial charge is 0.370 e. The summed E-state index contributed by atoms with van der Waals surface area (Å²) in [7, 11) is -3.78. The zero-order valence-electron chi connectivity index (χ0n) is 19.9. The van der Waals surface area contributed by atoms with E-state index in [1.807, 2.05) is 30.0 Å². The van der Waals surface area contributed by atoms with Gasteiger partial charge in [0.1, 0.15) is 0 Å². The highest BCUT2D eigenvalue weighted by Crippen LogP contribution is 2.23. The highest BCUT2D eigenvalue weighted by molar-refractivity contribution is 7.92. The van der Waals surface area contributed by atoms with Crippen LogP contribution in [0.15, 0.2) is 71.6 Å². The van der Waals surface area contributed by atoms with Crippen LogP contribution in [0.4, 0.5) is 11.4 Å². The van der Waals surface area contributed by atoms with E-state index in [-0.39, 0.29) is 10.8 Å². The summed E-state index contributed by atoms with van der Waals surface area (Å²) in [5.41, 5.74) is 3.96. The average molecular weight is 489 g/mol. The van der Waals surface area contributed by atoms with Gasteiger partial charge in [-0.1, -0.05) is 18.2 Å². The van der Waals surface area contributed by atoms with Gasteiger partial charge < -0.3 is 9.80 Å². The molecule has 1 saturated heterocycles. The monoisotopic (exact) mass is 488 g/mol. The Kier molecular flexibility index (Phi) is 7.08. The second kappa shape index (κ2) is 10.2. The third-order valence-corrected chi connectivity index (χ3v) is 7.66. The number of hydrogen-bond donors (Lipinski definition) is 1. The fourth-order valence-corrected chi connectivity index (χ4v) is 5.61. The summed E-state index contributed by atoms with van der Waals surface area (Å²) in [4.78, 5) is 17.5. The standard InChI is InChI=1S/C27H28N4O3S/c1-20-7-8-21(2)26(17-20)35(33,34)29-24-6-3-5-23(18-24)27(32)31-14-4-13-30(15-16-31)25-11-9-22(19-28)10-12-25/h3,5-12,17-18,29H,4,13-16H2,1-2H3. The number of aryl methyl sites for hydroxylation is 2. The Hall–Kier alpha value is -3.83. The van der Waals surface area contributed by atoms with Gasteiger partial charge in [-0.05, 0) is 79.9 Å². The van der Waals surface area contributed by atoms with Gasteiger partial charge in [-0.25, -0.2) is 8.42 Å². The number of anilines is 2. The summed E-state index contributed by atoms with van der Waals surface area (Å²) in [5.74, 6) is -0.125. The van der Waals surface area contributed by atoms with E-state index in [0.29, 0.717) is 42.0 Å². The van der Waals surface area contributed by atoms with Gasteiger partial charge in [0.25, 0.3) is 15.9 Å². The Morgan fingerprint density at radius 2 is 1.71 bits per heavy atom. The van der Waals surface area contributed by atoms with Gasteiger partial charge in [0.15, 0.2) is 0 Å². The van der Waals surface area contributed by atoms with Gasteiger partial charge in [0.05, 0.1) is 16.5 Å². The predicted octanol–water partition coefficient (Wildman–Crippen LogP) is 4.33. The smallest absolute Gasteiger partial charge is 0.262 e. The minimum atomic E-state index is -3.78. The Morgan fingerprint density at radius 1 is 0.943 bits per heavy atom. The van der Waals surface area contributed by atoms with Crippen molar-refractivity contribution in [1.82, 2.24) is 4.90 Å². The van der Waals surface area contributed by atoms with Crippen molar-refractivity contribution >= 4 is 27.3 Å². The molecule has 0 saturated carbocycles. The summed E-state index contributed by atoms with van der Waals surface area (Å²) in [6, 6.07) is 21.5. The van der Waals surface area contributed by atoms with Crippen LogP contribution < -0.4 is 9.62 Å². The van der Waals surface area contributed by atoms with E-state index in [9.17, 15) is 13.2 Å². The molecule has 1 aliphatic heterocycles. The second-order valence-corrected chi connectivity index (χ2v) is 10.4. The minimum Gasteiger partial charge on any atom is -0.370 e. The highest BCUT2D eigenvalue weighted by Gasteiger charge is 2.22. The van der Waals surface area contributed by atoms with Gasteiger partial charge in [0, 0.05) is 43.1 Å². The Balaban J connectivity index is 1.46. The summed E-state index contributed by atoms with van der Waals surface area (Å²) >= 11 is 0. The molecule has 35 heavy (non-hydrogen) atoms. The lowest BCUT2D eigenvalue weighted by Gasteiger charge is -2.24. The van der Waals surface area contributed by atoms with Gasteiger partial charge >= 0.3 is 0 Å². The maximum atomic E-state index is 13.3. The number of benzene rings is 3. The number of amides is 1. The fraction of sp³-hybridized carbons (Fsp3) is 0.259. The molecule has 180 valence electrons. The summed E-state index contributed by atoms with van der Waals surface area (Å²) in [5, 5.41) is 9.01.